The fourth-order valence-corrected chi connectivity index (χ4v) is 2.09. The average Bonchev–Trinajstić information content (AvgIpc) is 2.42. The van der Waals surface area contributed by atoms with Crippen LogP contribution in [0.3, 0.4) is 0 Å². The SMILES string of the molecule is CC(NCCCN(C)C)C(=O)c1ccc(C(C)C)cc1. The third-order valence-electron chi connectivity index (χ3n) is 3.49. The zero-order valence-corrected chi connectivity index (χ0v) is 13.4. The first-order valence-electron chi connectivity index (χ1n) is 7.44. The summed E-state index contributed by atoms with van der Waals surface area (Å²) in [6, 6.07) is 7.86. The monoisotopic (exact) mass is 276 g/mol. The highest BCUT2D eigenvalue weighted by atomic mass is 16.1. The molecule has 0 saturated carbocycles. The van der Waals surface area contributed by atoms with E-state index >= 15 is 0 Å². The lowest BCUT2D eigenvalue weighted by molar-refractivity contribution is 0.0951. The second kappa shape index (κ2) is 8.18. The Labute approximate surface area is 123 Å². The van der Waals surface area contributed by atoms with Gasteiger partial charge in [-0.25, -0.2) is 0 Å². The summed E-state index contributed by atoms with van der Waals surface area (Å²) in [6.07, 6.45) is 1.05. The fourth-order valence-electron chi connectivity index (χ4n) is 2.09. The number of benzene rings is 1. The van der Waals surface area contributed by atoms with Crippen LogP contribution in [0.4, 0.5) is 0 Å². The zero-order chi connectivity index (χ0) is 15.1. The highest BCUT2D eigenvalue weighted by Gasteiger charge is 2.14. The number of rotatable bonds is 8. The lowest BCUT2D eigenvalue weighted by atomic mass is 9.99. The van der Waals surface area contributed by atoms with Gasteiger partial charge < -0.3 is 10.2 Å². The van der Waals surface area contributed by atoms with Crippen LogP contribution in [0, 0.1) is 0 Å². The standard InChI is InChI=1S/C17H28N2O/c1-13(2)15-7-9-16(10-8-15)17(20)14(3)18-11-6-12-19(4)5/h7-10,13-14,18H,6,11-12H2,1-5H3. The van der Waals surface area contributed by atoms with Crippen molar-refractivity contribution < 1.29 is 4.79 Å². The van der Waals surface area contributed by atoms with Gasteiger partial charge in [-0.1, -0.05) is 38.1 Å². The molecule has 0 saturated heterocycles. The summed E-state index contributed by atoms with van der Waals surface area (Å²) in [4.78, 5) is 14.4. The van der Waals surface area contributed by atoms with Crippen LogP contribution in [0.5, 0.6) is 0 Å². The summed E-state index contributed by atoms with van der Waals surface area (Å²) < 4.78 is 0. The van der Waals surface area contributed by atoms with E-state index in [1.807, 2.05) is 19.1 Å². The Morgan fingerprint density at radius 3 is 2.25 bits per heavy atom. The maximum absolute atomic E-state index is 12.3. The van der Waals surface area contributed by atoms with Gasteiger partial charge in [-0.3, -0.25) is 4.79 Å². The van der Waals surface area contributed by atoms with E-state index in [1.54, 1.807) is 0 Å². The van der Waals surface area contributed by atoms with Crippen molar-refractivity contribution in [2.24, 2.45) is 0 Å². The van der Waals surface area contributed by atoms with Crippen molar-refractivity contribution in [3.05, 3.63) is 35.4 Å². The molecule has 0 spiro atoms. The van der Waals surface area contributed by atoms with E-state index in [0.29, 0.717) is 5.92 Å². The van der Waals surface area contributed by atoms with Crippen LogP contribution in [0.25, 0.3) is 0 Å². The van der Waals surface area contributed by atoms with Crippen LogP contribution in [-0.4, -0.2) is 43.9 Å². The molecule has 0 radical (unpaired) electrons. The highest BCUT2D eigenvalue weighted by Crippen LogP contribution is 2.15. The number of carbonyl (C=O) groups is 1. The summed E-state index contributed by atoms with van der Waals surface area (Å²) >= 11 is 0. The molecule has 0 aliphatic carbocycles. The Hall–Kier alpha value is -1.19. The lowest BCUT2D eigenvalue weighted by Crippen LogP contribution is -2.35. The molecule has 0 fully saturated rings. The van der Waals surface area contributed by atoms with Crippen molar-refractivity contribution in [2.75, 3.05) is 27.2 Å². The number of nitrogens with zero attached hydrogens (tertiary/aromatic N) is 1. The van der Waals surface area contributed by atoms with Crippen LogP contribution in [0.1, 0.15) is 49.0 Å². The van der Waals surface area contributed by atoms with E-state index in [-0.39, 0.29) is 11.8 Å². The zero-order valence-electron chi connectivity index (χ0n) is 13.4. The van der Waals surface area contributed by atoms with Gasteiger partial charge in [-0.2, -0.15) is 0 Å². The number of hydrogen-bond acceptors (Lipinski definition) is 3. The molecule has 0 amide bonds. The average molecular weight is 276 g/mol. The molecule has 1 aromatic rings. The molecule has 1 atom stereocenters. The molecule has 1 aromatic carbocycles. The minimum Gasteiger partial charge on any atom is -0.309 e. The van der Waals surface area contributed by atoms with E-state index < -0.39 is 0 Å². The van der Waals surface area contributed by atoms with Gasteiger partial charge in [0, 0.05) is 5.56 Å². The molecule has 0 aliphatic rings. The molecule has 0 bridgehead atoms. The van der Waals surface area contributed by atoms with Crippen LogP contribution in [-0.2, 0) is 0 Å². The van der Waals surface area contributed by atoms with Gasteiger partial charge in [0.25, 0.3) is 0 Å². The molecule has 0 aliphatic heterocycles. The Bertz CT molecular complexity index is 410. The van der Waals surface area contributed by atoms with Crippen molar-refractivity contribution >= 4 is 5.78 Å². The van der Waals surface area contributed by atoms with Gasteiger partial charge in [0.1, 0.15) is 0 Å². The smallest absolute Gasteiger partial charge is 0.179 e. The first kappa shape index (κ1) is 16.9. The Kier molecular flexibility index (Phi) is 6.89. The topological polar surface area (TPSA) is 32.3 Å². The van der Waals surface area contributed by atoms with E-state index in [4.69, 9.17) is 0 Å². The molecular formula is C17H28N2O. The van der Waals surface area contributed by atoms with E-state index in [9.17, 15) is 4.79 Å². The Balaban J connectivity index is 2.47. The van der Waals surface area contributed by atoms with Crippen molar-refractivity contribution in [2.45, 2.75) is 39.2 Å². The number of ketones is 1. The van der Waals surface area contributed by atoms with Crippen molar-refractivity contribution in [3.8, 4) is 0 Å². The minimum atomic E-state index is -0.123. The molecule has 112 valence electrons. The third-order valence-corrected chi connectivity index (χ3v) is 3.49. The summed E-state index contributed by atoms with van der Waals surface area (Å²) in [7, 11) is 4.12. The van der Waals surface area contributed by atoms with Gasteiger partial charge in [-0.15, -0.1) is 0 Å². The Morgan fingerprint density at radius 2 is 1.75 bits per heavy atom. The molecule has 20 heavy (non-hydrogen) atoms. The van der Waals surface area contributed by atoms with E-state index in [1.165, 1.54) is 5.56 Å². The van der Waals surface area contributed by atoms with Gasteiger partial charge >= 0.3 is 0 Å². The summed E-state index contributed by atoms with van der Waals surface area (Å²) in [6.45, 7) is 8.16. The number of Topliss-reactive ketones (excluding diaryl/α,β-unsaturated/α-hetero) is 1. The van der Waals surface area contributed by atoms with Crippen LogP contribution >= 0.6 is 0 Å². The first-order chi connectivity index (χ1) is 9.41. The molecule has 3 nitrogen and oxygen atoms in total. The first-order valence-corrected chi connectivity index (χ1v) is 7.44. The van der Waals surface area contributed by atoms with Crippen molar-refractivity contribution in [1.82, 2.24) is 10.2 Å². The van der Waals surface area contributed by atoms with Crippen molar-refractivity contribution in [3.63, 3.8) is 0 Å². The largest absolute Gasteiger partial charge is 0.309 e. The summed E-state index contributed by atoms with van der Waals surface area (Å²) in [5, 5.41) is 3.30. The van der Waals surface area contributed by atoms with Gasteiger partial charge in [0.15, 0.2) is 5.78 Å². The second-order valence-electron chi connectivity index (χ2n) is 5.97. The molecule has 1 rings (SSSR count). The molecular weight excluding hydrogens is 248 g/mol. The van der Waals surface area contributed by atoms with E-state index in [0.717, 1.165) is 25.1 Å². The molecule has 3 heteroatoms. The lowest BCUT2D eigenvalue weighted by Gasteiger charge is -2.15. The number of hydrogen-bond donors (Lipinski definition) is 1. The van der Waals surface area contributed by atoms with Gasteiger partial charge in [0.2, 0.25) is 0 Å². The molecule has 0 heterocycles. The molecule has 0 aromatic heterocycles. The highest BCUT2D eigenvalue weighted by molar-refractivity contribution is 5.99. The van der Waals surface area contributed by atoms with Gasteiger partial charge in [0.05, 0.1) is 6.04 Å². The fraction of sp³-hybridized carbons (Fsp3) is 0.588. The van der Waals surface area contributed by atoms with Crippen molar-refractivity contribution in [1.29, 1.82) is 0 Å². The van der Waals surface area contributed by atoms with Crippen LogP contribution < -0.4 is 5.32 Å². The second-order valence-corrected chi connectivity index (χ2v) is 5.97. The maximum atomic E-state index is 12.3. The quantitative estimate of drug-likeness (QED) is 0.585. The summed E-state index contributed by atoms with van der Waals surface area (Å²) in [5.41, 5.74) is 2.06. The Morgan fingerprint density at radius 1 is 1.15 bits per heavy atom. The predicted molar refractivity (Wildman–Crippen MR) is 85.5 cm³/mol. The molecule has 1 N–H and O–H groups in total. The number of carbonyl (C=O) groups excluding carboxylic acids is 1. The summed E-state index contributed by atoms with van der Waals surface area (Å²) in [5.74, 6) is 0.672. The van der Waals surface area contributed by atoms with Crippen LogP contribution in [0.2, 0.25) is 0 Å². The maximum Gasteiger partial charge on any atom is 0.179 e. The normalized spacial score (nSPS) is 12.9. The number of nitrogens with one attached hydrogen (secondary N) is 1. The molecule has 1 unspecified atom stereocenters. The predicted octanol–water partition coefficient (Wildman–Crippen LogP) is 2.92. The van der Waals surface area contributed by atoms with E-state index in [2.05, 4.69) is 50.3 Å². The van der Waals surface area contributed by atoms with Gasteiger partial charge in [-0.05, 0) is 52.0 Å². The minimum absolute atomic E-state index is 0.123. The third kappa shape index (κ3) is 5.43. The van der Waals surface area contributed by atoms with Crippen LogP contribution in [0.15, 0.2) is 24.3 Å².